The van der Waals surface area contributed by atoms with E-state index in [1.807, 2.05) is 0 Å². The molecule has 8 heteroatoms. The van der Waals surface area contributed by atoms with E-state index in [9.17, 15) is 9.59 Å². The maximum Gasteiger partial charge on any atom is 0.318 e. The highest BCUT2D eigenvalue weighted by atomic mass is 35.5. The van der Waals surface area contributed by atoms with E-state index in [0.29, 0.717) is 11.4 Å². The predicted molar refractivity (Wildman–Crippen MR) is 79.5 cm³/mol. The van der Waals surface area contributed by atoms with Crippen molar-refractivity contribution >= 4 is 34.9 Å². The van der Waals surface area contributed by atoms with Crippen LogP contribution in [0.25, 0.3) is 0 Å². The molecule has 7 nitrogen and oxygen atoms in total. The van der Waals surface area contributed by atoms with Gasteiger partial charge in [-0.1, -0.05) is 11.6 Å². The van der Waals surface area contributed by atoms with Crippen molar-refractivity contribution in [3.05, 3.63) is 47.5 Å². The quantitative estimate of drug-likeness (QED) is 0.809. The Bertz CT molecular complexity index is 660. The molecular formula is C13H12ClN5O2. The maximum absolute atomic E-state index is 11.9. The lowest BCUT2D eigenvalue weighted by Crippen LogP contribution is -2.24. The van der Waals surface area contributed by atoms with Crippen LogP contribution in [0.15, 0.2) is 36.7 Å². The Hall–Kier alpha value is -2.67. The topological polar surface area (TPSA) is 96.0 Å². The van der Waals surface area contributed by atoms with Gasteiger partial charge in [0.2, 0.25) is 0 Å². The van der Waals surface area contributed by atoms with Crippen LogP contribution in [0.4, 0.5) is 16.2 Å². The van der Waals surface area contributed by atoms with Crippen molar-refractivity contribution in [3.8, 4) is 0 Å². The van der Waals surface area contributed by atoms with E-state index in [4.69, 9.17) is 11.6 Å². The van der Waals surface area contributed by atoms with E-state index in [1.54, 1.807) is 24.3 Å². The van der Waals surface area contributed by atoms with Gasteiger partial charge in [-0.25, -0.2) is 9.78 Å². The molecule has 2 rings (SSSR count). The van der Waals surface area contributed by atoms with Gasteiger partial charge in [-0.3, -0.25) is 9.78 Å². The first-order valence-corrected chi connectivity index (χ1v) is 6.34. The fourth-order valence-corrected chi connectivity index (χ4v) is 1.62. The van der Waals surface area contributed by atoms with Gasteiger partial charge < -0.3 is 16.0 Å². The Balaban J connectivity index is 2.03. The largest absolute Gasteiger partial charge is 0.341 e. The van der Waals surface area contributed by atoms with Gasteiger partial charge in [0, 0.05) is 18.4 Å². The van der Waals surface area contributed by atoms with Crippen molar-refractivity contribution in [2.24, 2.45) is 0 Å². The molecule has 1 aromatic heterocycles. The first-order chi connectivity index (χ1) is 10.1. The monoisotopic (exact) mass is 305 g/mol. The van der Waals surface area contributed by atoms with Gasteiger partial charge in [-0.15, -0.1) is 0 Å². The number of aromatic nitrogens is 2. The molecule has 3 amide bonds. The summed E-state index contributed by atoms with van der Waals surface area (Å²) in [5.74, 6) is -0.419. The lowest BCUT2D eigenvalue weighted by Gasteiger charge is -2.07. The fraction of sp³-hybridized carbons (Fsp3) is 0.0769. The summed E-state index contributed by atoms with van der Waals surface area (Å²) >= 11 is 5.68. The molecule has 0 aliphatic carbocycles. The number of amides is 3. The van der Waals surface area contributed by atoms with Gasteiger partial charge in [0.15, 0.2) is 0 Å². The Morgan fingerprint density at radius 1 is 1.05 bits per heavy atom. The number of rotatable bonds is 3. The third-order valence-electron chi connectivity index (χ3n) is 2.47. The van der Waals surface area contributed by atoms with Gasteiger partial charge >= 0.3 is 6.03 Å². The molecule has 0 saturated heterocycles. The minimum absolute atomic E-state index is 0.120. The number of nitrogens with zero attached hydrogens (tertiary/aromatic N) is 2. The fourth-order valence-electron chi connectivity index (χ4n) is 1.48. The minimum Gasteiger partial charge on any atom is -0.341 e. The number of benzene rings is 1. The Labute approximate surface area is 125 Å². The number of hydrogen-bond acceptors (Lipinski definition) is 4. The van der Waals surface area contributed by atoms with E-state index in [1.165, 1.54) is 19.4 Å². The van der Waals surface area contributed by atoms with Crippen molar-refractivity contribution in [1.29, 1.82) is 0 Å². The van der Waals surface area contributed by atoms with Crippen LogP contribution in [-0.2, 0) is 0 Å². The van der Waals surface area contributed by atoms with Crippen molar-refractivity contribution in [2.75, 3.05) is 17.7 Å². The number of carbonyl (C=O) groups excluding carboxylic acids is 2. The zero-order chi connectivity index (χ0) is 15.2. The van der Waals surface area contributed by atoms with Gasteiger partial charge in [-0.2, -0.15) is 0 Å². The van der Waals surface area contributed by atoms with Gasteiger partial charge in [-0.05, 0) is 24.3 Å². The van der Waals surface area contributed by atoms with E-state index >= 15 is 0 Å². The van der Waals surface area contributed by atoms with Crippen LogP contribution < -0.4 is 16.0 Å². The molecule has 1 aromatic carbocycles. The van der Waals surface area contributed by atoms with Crippen molar-refractivity contribution < 1.29 is 9.59 Å². The minimum atomic E-state index is -0.419. The maximum atomic E-state index is 11.9. The molecule has 0 aliphatic heterocycles. The lowest BCUT2D eigenvalue weighted by atomic mass is 10.2. The number of nitrogens with one attached hydrogen (secondary N) is 3. The molecule has 0 saturated carbocycles. The number of carbonyl (C=O) groups is 2. The molecule has 0 bridgehead atoms. The second-order valence-electron chi connectivity index (χ2n) is 3.96. The molecule has 21 heavy (non-hydrogen) atoms. The van der Waals surface area contributed by atoms with E-state index in [0.717, 1.165) is 0 Å². The number of hydrogen-bond donors (Lipinski definition) is 3. The molecule has 3 N–H and O–H groups in total. The zero-order valence-corrected chi connectivity index (χ0v) is 11.8. The molecule has 108 valence electrons. The second-order valence-corrected chi connectivity index (χ2v) is 4.35. The molecule has 0 spiro atoms. The highest BCUT2D eigenvalue weighted by molar-refractivity contribution is 6.29. The molecule has 0 fully saturated rings. The lowest BCUT2D eigenvalue weighted by molar-refractivity contribution is 0.102. The molecule has 2 aromatic rings. The van der Waals surface area contributed by atoms with Crippen LogP contribution in [0.5, 0.6) is 0 Å². The third kappa shape index (κ3) is 4.15. The van der Waals surface area contributed by atoms with Crippen molar-refractivity contribution in [1.82, 2.24) is 15.3 Å². The first kappa shape index (κ1) is 14.7. The number of anilines is 2. The van der Waals surface area contributed by atoms with Gasteiger partial charge in [0.25, 0.3) is 5.91 Å². The highest BCUT2D eigenvalue weighted by Gasteiger charge is 2.09. The summed E-state index contributed by atoms with van der Waals surface area (Å²) in [6.07, 6.45) is 2.67. The van der Waals surface area contributed by atoms with Crippen LogP contribution in [0.1, 0.15) is 10.5 Å². The van der Waals surface area contributed by atoms with E-state index in [2.05, 4.69) is 25.9 Å². The third-order valence-corrected chi connectivity index (χ3v) is 2.65. The Kier molecular flexibility index (Phi) is 4.68. The van der Waals surface area contributed by atoms with E-state index in [-0.39, 0.29) is 16.9 Å². The van der Waals surface area contributed by atoms with Crippen LogP contribution in [0.3, 0.4) is 0 Å². The highest BCUT2D eigenvalue weighted by Crippen LogP contribution is 2.14. The zero-order valence-electron chi connectivity index (χ0n) is 11.1. The van der Waals surface area contributed by atoms with Crippen molar-refractivity contribution in [3.63, 3.8) is 0 Å². The second kappa shape index (κ2) is 6.67. The van der Waals surface area contributed by atoms with Crippen LogP contribution in [-0.4, -0.2) is 29.0 Å². The Morgan fingerprint density at radius 3 is 2.24 bits per heavy atom. The summed E-state index contributed by atoms with van der Waals surface area (Å²) in [4.78, 5) is 30.7. The summed E-state index contributed by atoms with van der Waals surface area (Å²) in [5, 5.41) is 7.85. The SMILES string of the molecule is CNC(=O)Nc1ccc(NC(=O)c2cncc(Cl)n2)cc1. The summed E-state index contributed by atoms with van der Waals surface area (Å²) in [5.41, 5.74) is 1.29. The smallest absolute Gasteiger partial charge is 0.318 e. The molecule has 0 radical (unpaired) electrons. The van der Waals surface area contributed by atoms with Crippen molar-refractivity contribution in [2.45, 2.75) is 0 Å². The number of urea groups is 1. The molecule has 1 heterocycles. The average molecular weight is 306 g/mol. The van der Waals surface area contributed by atoms with Crippen LogP contribution in [0.2, 0.25) is 5.15 Å². The normalized spacial score (nSPS) is 9.81. The summed E-state index contributed by atoms with van der Waals surface area (Å²) in [7, 11) is 1.52. The average Bonchev–Trinajstić information content (AvgIpc) is 2.49. The van der Waals surface area contributed by atoms with Crippen LogP contribution in [0, 0.1) is 0 Å². The first-order valence-electron chi connectivity index (χ1n) is 5.96. The molecule has 0 atom stereocenters. The summed E-state index contributed by atoms with van der Waals surface area (Å²) in [6, 6.07) is 6.31. The summed E-state index contributed by atoms with van der Waals surface area (Å²) in [6.45, 7) is 0. The molecule has 0 aliphatic rings. The molecule has 0 unspecified atom stereocenters. The predicted octanol–water partition coefficient (Wildman–Crippen LogP) is 2.13. The Morgan fingerprint density at radius 2 is 1.67 bits per heavy atom. The number of halogens is 1. The van der Waals surface area contributed by atoms with Crippen LogP contribution >= 0.6 is 11.6 Å². The van der Waals surface area contributed by atoms with Gasteiger partial charge in [0.1, 0.15) is 10.8 Å². The van der Waals surface area contributed by atoms with Gasteiger partial charge in [0.05, 0.1) is 12.4 Å². The standard InChI is InChI=1S/C13H12ClN5O2/c1-15-13(21)18-9-4-2-8(3-5-9)17-12(20)10-6-16-7-11(14)19-10/h2-7H,1H3,(H,17,20)(H2,15,18,21). The summed E-state index contributed by atoms with van der Waals surface area (Å²) < 4.78 is 0. The molecular weight excluding hydrogens is 294 g/mol. The van der Waals surface area contributed by atoms with E-state index < -0.39 is 5.91 Å².